The highest BCUT2D eigenvalue weighted by atomic mass is 16.5. The van der Waals surface area contributed by atoms with Gasteiger partial charge in [0, 0.05) is 17.5 Å². The highest BCUT2D eigenvalue weighted by Crippen LogP contribution is 2.19. The number of ether oxygens (including phenoxy) is 1. The van der Waals surface area contributed by atoms with Crippen molar-refractivity contribution in [3.63, 3.8) is 0 Å². The lowest BCUT2D eigenvalue weighted by atomic mass is 10.2. The smallest absolute Gasteiger partial charge is 0.328 e. The van der Waals surface area contributed by atoms with Gasteiger partial charge in [0.05, 0.1) is 5.69 Å². The largest absolute Gasteiger partial charge is 0.485 e. The number of rotatable bonds is 5. The van der Waals surface area contributed by atoms with Gasteiger partial charge in [-0.3, -0.25) is 4.98 Å². The zero-order valence-corrected chi connectivity index (χ0v) is 11.9. The normalized spacial score (nSPS) is 10.8. The molecule has 0 unspecified atom stereocenters. The van der Waals surface area contributed by atoms with E-state index in [0.717, 1.165) is 23.2 Å². The molecule has 2 rings (SSSR count). The molecule has 0 spiro atoms. The second-order valence-corrected chi connectivity index (χ2v) is 4.57. The summed E-state index contributed by atoms with van der Waals surface area (Å²) in [5.41, 5.74) is 3.01. The summed E-state index contributed by atoms with van der Waals surface area (Å²) < 4.78 is 5.70. The van der Waals surface area contributed by atoms with Gasteiger partial charge >= 0.3 is 5.97 Å². The van der Waals surface area contributed by atoms with Crippen LogP contribution in [0, 0.1) is 13.8 Å². The van der Waals surface area contributed by atoms with Gasteiger partial charge in [-0.25, -0.2) is 9.78 Å². The number of aliphatic carboxylic acids is 1. The standard InChI is InChI=1S/C16H16N2O3/c1-11-4-3-5-13(17-11)10-21-15-8-6-12(2)18-14(15)7-9-16(19)20/h3-9H,10H2,1-2H3,(H,19,20). The quantitative estimate of drug-likeness (QED) is 0.855. The molecule has 0 aromatic carbocycles. The Bertz CT molecular complexity index is 681. The fraction of sp³-hybridized carbons (Fsp3) is 0.188. The van der Waals surface area contributed by atoms with Gasteiger partial charge < -0.3 is 9.84 Å². The van der Waals surface area contributed by atoms with Crippen molar-refractivity contribution >= 4 is 12.0 Å². The van der Waals surface area contributed by atoms with Crippen LogP contribution in [0.3, 0.4) is 0 Å². The maximum atomic E-state index is 10.6. The molecular formula is C16H16N2O3. The van der Waals surface area contributed by atoms with Gasteiger partial charge in [0.2, 0.25) is 0 Å². The van der Waals surface area contributed by atoms with Crippen LogP contribution in [0.1, 0.15) is 22.8 Å². The van der Waals surface area contributed by atoms with Crippen LogP contribution in [-0.2, 0) is 11.4 Å². The van der Waals surface area contributed by atoms with Crippen molar-refractivity contribution in [1.29, 1.82) is 0 Å². The summed E-state index contributed by atoms with van der Waals surface area (Å²) in [7, 11) is 0. The first-order chi connectivity index (χ1) is 10.0. The number of pyridine rings is 2. The molecule has 0 saturated carbocycles. The predicted molar refractivity (Wildman–Crippen MR) is 78.9 cm³/mol. The summed E-state index contributed by atoms with van der Waals surface area (Å²) in [5.74, 6) is -0.494. The number of carboxylic acid groups (broad SMARTS) is 1. The van der Waals surface area contributed by atoms with Crippen LogP contribution in [0.5, 0.6) is 5.75 Å². The zero-order valence-electron chi connectivity index (χ0n) is 11.9. The van der Waals surface area contributed by atoms with E-state index >= 15 is 0 Å². The Balaban J connectivity index is 2.17. The highest BCUT2D eigenvalue weighted by molar-refractivity contribution is 5.85. The summed E-state index contributed by atoms with van der Waals surface area (Å²) in [6.45, 7) is 4.06. The molecule has 5 nitrogen and oxygen atoms in total. The van der Waals surface area contributed by atoms with E-state index in [-0.39, 0.29) is 0 Å². The molecule has 0 aliphatic rings. The molecule has 0 saturated heterocycles. The minimum Gasteiger partial charge on any atom is -0.485 e. The molecule has 2 aromatic heterocycles. The first-order valence-corrected chi connectivity index (χ1v) is 6.48. The van der Waals surface area contributed by atoms with Crippen molar-refractivity contribution in [1.82, 2.24) is 9.97 Å². The topological polar surface area (TPSA) is 72.3 Å². The van der Waals surface area contributed by atoms with Crippen LogP contribution < -0.4 is 4.74 Å². The van der Waals surface area contributed by atoms with Gasteiger partial charge in [-0.15, -0.1) is 0 Å². The van der Waals surface area contributed by atoms with Crippen LogP contribution in [0.2, 0.25) is 0 Å². The van der Waals surface area contributed by atoms with Crippen LogP contribution in [-0.4, -0.2) is 21.0 Å². The molecule has 2 aromatic rings. The van der Waals surface area contributed by atoms with Crippen molar-refractivity contribution in [3.05, 3.63) is 59.2 Å². The lowest BCUT2D eigenvalue weighted by molar-refractivity contribution is -0.131. The summed E-state index contributed by atoms with van der Waals surface area (Å²) in [6.07, 6.45) is 2.47. The summed E-state index contributed by atoms with van der Waals surface area (Å²) in [6, 6.07) is 9.30. The van der Waals surface area contributed by atoms with Gasteiger partial charge in [-0.1, -0.05) is 6.07 Å². The van der Waals surface area contributed by atoms with E-state index in [2.05, 4.69) is 9.97 Å². The molecule has 108 valence electrons. The van der Waals surface area contributed by atoms with Gasteiger partial charge in [0.1, 0.15) is 18.1 Å². The summed E-state index contributed by atoms with van der Waals surface area (Å²) in [5, 5.41) is 8.71. The van der Waals surface area contributed by atoms with Crippen LogP contribution in [0.25, 0.3) is 6.08 Å². The predicted octanol–water partition coefficient (Wildman–Crippen LogP) is 2.77. The van der Waals surface area contributed by atoms with Crippen molar-refractivity contribution < 1.29 is 14.6 Å². The van der Waals surface area contributed by atoms with E-state index in [1.807, 2.05) is 38.1 Å². The van der Waals surface area contributed by atoms with E-state index in [9.17, 15) is 4.79 Å². The van der Waals surface area contributed by atoms with E-state index in [1.165, 1.54) is 6.08 Å². The summed E-state index contributed by atoms with van der Waals surface area (Å²) in [4.78, 5) is 19.3. The van der Waals surface area contributed by atoms with Gasteiger partial charge in [-0.05, 0) is 44.2 Å². The average Bonchev–Trinajstić information content (AvgIpc) is 2.44. The zero-order chi connectivity index (χ0) is 15.2. The third-order valence-electron chi connectivity index (χ3n) is 2.73. The number of hydrogen-bond acceptors (Lipinski definition) is 4. The van der Waals surface area contributed by atoms with Crippen molar-refractivity contribution in [3.8, 4) is 5.75 Å². The minimum atomic E-state index is -1.02. The maximum Gasteiger partial charge on any atom is 0.328 e. The Hall–Kier alpha value is -2.69. The fourth-order valence-electron chi connectivity index (χ4n) is 1.79. The third-order valence-corrected chi connectivity index (χ3v) is 2.73. The highest BCUT2D eigenvalue weighted by Gasteiger charge is 2.05. The lowest BCUT2D eigenvalue weighted by Crippen LogP contribution is -2.01. The summed E-state index contributed by atoms with van der Waals surface area (Å²) >= 11 is 0. The molecule has 0 aliphatic carbocycles. The maximum absolute atomic E-state index is 10.6. The third kappa shape index (κ3) is 4.42. The molecular weight excluding hydrogens is 268 g/mol. The number of carbonyl (C=O) groups is 1. The second kappa shape index (κ2) is 6.65. The average molecular weight is 284 g/mol. The fourth-order valence-corrected chi connectivity index (χ4v) is 1.79. The molecule has 0 amide bonds. The monoisotopic (exact) mass is 284 g/mol. The van der Waals surface area contributed by atoms with Crippen molar-refractivity contribution in [2.45, 2.75) is 20.5 Å². The number of aryl methyl sites for hydroxylation is 2. The molecule has 0 radical (unpaired) electrons. The van der Waals surface area contributed by atoms with Crippen LogP contribution in [0.15, 0.2) is 36.4 Å². The molecule has 0 atom stereocenters. The van der Waals surface area contributed by atoms with E-state index in [4.69, 9.17) is 9.84 Å². The Morgan fingerprint density at radius 1 is 1.19 bits per heavy atom. The lowest BCUT2D eigenvalue weighted by Gasteiger charge is -2.09. The molecule has 0 bridgehead atoms. The molecule has 0 fully saturated rings. The van der Waals surface area contributed by atoms with Crippen molar-refractivity contribution in [2.75, 3.05) is 0 Å². The number of nitrogens with zero attached hydrogens (tertiary/aromatic N) is 2. The Morgan fingerprint density at radius 3 is 2.67 bits per heavy atom. The van der Waals surface area contributed by atoms with Gasteiger partial charge in [0.15, 0.2) is 0 Å². The number of hydrogen-bond donors (Lipinski definition) is 1. The Labute approximate surface area is 122 Å². The Morgan fingerprint density at radius 2 is 1.95 bits per heavy atom. The molecule has 2 heterocycles. The van der Waals surface area contributed by atoms with Crippen LogP contribution >= 0.6 is 0 Å². The number of carboxylic acids is 1. The molecule has 5 heteroatoms. The SMILES string of the molecule is Cc1cccc(COc2ccc(C)nc2C=CC(=O)O)n1. The number of aromatic nitrogens is 2. The van der Waals surface area contributed by atoms with E-state index in [0.29, 0.717) is 18.1 Å². The van der Waals surface area contributed by atoms with E-state index < -0.39 is 5.97 Å². The minimum absolute atomic E-state index is 0.306. The van der Waals surface area contributed by atoms with Crippen molar-refractivity contribution in [2.24, 2.45) is 0 Å². The Kier molecular flexibility index (Phi) is 4.66. The molecule has 1 N–H and O–H groups in total. The van der Waals surface area contributed by atoms with Gasteiger partial charge in [-0.2, -0.15) is 0 Å². The first kappa shape index (κ1) is 14.7. The van der Waals surface area contributed by atoms with Crippen LogP contribution in [0.4, 0.5) is 0 Å². The van der Waals surface area contributed by atoms with E-state index in [1.54, 1.807) is 6.07 Å². The first-order valence-electron chi connectivity index (χ1n) is 6.48. The molecule has 21 heavy (non-hydrogen) atoms. The van der Waals surface area contributed by atoms with Gasteiger partial charge in [0.25, 0.3) is 0 Å². The second-order valence-electron chi connectivity index (χ2n) is 4.57. The molecule has 0 aliphatic heterocycles.